The first kappa shape index (κ1) is 20.8. The van der Waals surface area contributed by atoms with E-state index in [9.17, 15) is 4.79 Å². The van der Waals surface area contributed by atoms with Crippen LogP contribution < -0.4 is 0 Å². The van der Waals surface area contributed by atoms with Gasteiger partial charge in [0.2, 0.25) is 5.69 Å². The summed E-state index contributed by atoms with van der Waals surface area (Å²) in [5.74, 6) is -0.381. The lowest BCUT2D eigenvalue weighted by Crippen LogP contribution is -2.14. The Morgan fingerprint density at radius 1 is 1.03 bits per heavy atom. The van der Waals surface area contributed by atoms with Crippen molar-refractivity contribution >= 4 is 23.4 Å². The van der Waals surface area contributed by atoms with Gasteiger partial charge in [0, 0.05) is 12.1 Å². The van der Waals surface area contributed by atoms with E-state index in [1.165, 1.54) is 11.8 Å². The number of carbonyl (C=O) groups is 1. The van der Waals surface area contributed by atoms with Gasteiger partial charge in [-0.1, -0.05) is 61.5 Å². The third kappa shape index (κ3) is 4.08. The van der Waals surface area contributed by atoms with E-state index in [2.05, 4.69) is 23.9 Å². The summed E-state index contributed by atoms with van der Waals surface area (Å²) in [6.07, 6.45) is 2.80. The molecular weight excluding hydrogens is 380 g/mol. The van der Waals surface area contributed by atoms with Gasteiger partial charge in [-0.2, -0.15) is 0 Å². The highest BCUT2D eigenvalue weighted by Gasteiger charge is 2.28. The second-order valence-corrected chi connectivity index (χ2v) is 7.30. The molecule has 0 aliphatic heterocycles. The van der Waals surface area contributed by atoms with Gasteiger partial charge in [0.25, 0.3) is 0 Å². The van der Waals surface area contributed by atoms with Crippen molar-refractivity contribution < 1.29 is 9.53 Å². The number of hydrogen-bond donors (Lipinski definition) is 0. The average molecular weight is 405 g/mol. The first-order chi connectivity index (χ1) is 14.2. The number of nitrogens with zero attached hydrogens (tertiary/aromatic N) is 2. The van der Waals surface area contributed by atoms with Gasteiger partial charge in [-0.25, -0.2) is 9.64 Å². The molecule has 29 heavy (non-hydrogen) atoms. The molecule has 0 aliphatic carbocycles. The van der Waals surface area contributed by atoms with Crippen molar-refractivity contribution in [2.45, 2.75) is 31.8 Å². The molecule has 148 valence electrons. The van der Waals surface area contributed by atoms with Crippen LogP contribution in [0.2, 0.25) is 0 Å². The number of carbonyl (C=O) groups excluding carboxylic acids is 1. The van der Waals surface area contributed by atoms with Gasteiger partial charge in [0.15, 0.2) is 0 Å². The predicted molar refractivity (Wildman–Crippen MR) is 120 cm³/mol. The van der Waals surface area contributed by atoms with E-state index in [0.29, 0.717) is 30.1 Å². The number of thioether (sulfide) groups is 1. The van der Waals surface area contributed by atoms with Gasteiger partial charge < -0.3 is 9.30 Å². The van der Waals surface area contributed by atoms with Crippen molar-refractivity contribution in [3.05, 3.63) is 71.7 Å². The normalized spacial score (nSPS) is 10.6. The third-order valence-electron chi connectivity index (χ3n) is 4.69. The fourth-order valence-electron chi connectivity index (χ4n) is 3.48. The van der Waals surface area contributed by atoms with Crippen LogP contribution in [0.4, 0.5) is 5.69 Å². The lowest BCUT2D eigenvalue weighted by Gasteiger charge is -2.12. The average Bonchev–Trinajstić information content (AvgIpc) is 3.08. The Balaban J connectivity index is 2.19. The number of ether oxygens (including phenoxy) is 1. The summed E-state index contributed by atoms with van der Waals surface area (Å²) in [6, 6.07) is 18.2. The zero-order valence-electron chi connectivity index (χ0n) is 16.9. The quantitative estimate of drug-likeness (QED) is 0.250. The summed E-state index contributed by atoms with van der Waals surface area (Å²) in [6.45, 7) is 12.6. The lowest BCUT2D eigenvalue weighted by molar-refractivity contribution is 0.0513. The molecule has 3 rings (SSSR count). The van der Waals surface area contributed by atoms with Gasteiger partial charge in [-0.05, 0) is 36.3 Å². The molecule has 0 aliphatic rings. The van der Waals surface area contributed by atoms with Gasteiger partial charge in [0.1, 0.15) is 5.69 Å². The third-order valence-corrected chi connectivity index (χ3v) is 5.49. The number of esters is 1. The highest BCUT2D eigenvalue weighted by atomic mass is 32.2. The van der Waals surface area contributed by atoms with Crippen LogP contribution in [0.3, 0.4) is 0 Å². The smallest absolute Gasteiger partial charge is 0.354 e. The highest BCUT2D eigenvalue weighted by molar-refractivity contribution is 7.98. The molecular formula is C24H24N2O2S. The van der Waals surface area contributed by atoms with Crippen LogP contribution in [0.5, 0.6) is 0 Å². The Labute approximate surface area is 176 Å². The van der Waals surface area contributed by atoms with Crippen LogP contribution in [-0.4, -0.2) is 23.4 Å². The maximum absolute atomic E-state index is 12.9. The number of benzene rings is 2. The largest absolute Gasteiger partial charge is 0.461 e. The minimum Gasteiger partial charge on any atom is -0.461 e. The second kappa shape index (κ2) is 9.49. The Kier molecular flexibility index (Phi) is 6.79. The minimum atomic E-state index is -0.381. The Morgan fingerprint density at radius 3 is 2.21 bits per heavy atom. The summed E-state index contributed by atoms with van der Waals surface area (Å²) in [4.78, 5) is 16.7. The summed E-state index contributed by atoms with van der Waals surface area (Å²) in [7, 11) is 0. The Hall–Kier alpha value is -2.97. The van der Waals surface area contributed by atoms with Crippen LogP contribution in [0.15, 0.2) is 59.6 Å². The number of rotatable bonds is 7. The zero-order chi connectivity index (χ0) is 20.8. The fourth-order valence-corrected chi connectivity index (χ4v) is 4.22. The summed E-state index contributed by atoms with van der Waals surface area (Å²) < 4.78 is 7.30. The monoisotopic (exact) mass is 404 g/mol. The molecule has 0 amide bonds. The van der Waals surface area contributed by atoms with Crippen LogP contribution >= 0.6 is 11.8 Å². The molecule has 0 fully saturated rings. The van der Waals surface area contributed by atoms with E-state index >= 15 is 0 Å². The molecule has 0 unspecified atom stereocenters. The molecule has 0 atom stereocenters. The van der Waals surface area contributed by atoms with Crippen molar-refractivity contribution in [2.24, 2.45) is 0 Å². The molecule has 1 aromatic heterocycles. The number of aromatic nitrogens is 1. The lowest BCUT2D eigenvalue weighted by atomic mass is 9.99. The van der Waals surface area contributed by atoms with Gasteiger partial charge in [-0.15, -0.1) is 11.8 Å². The molecule has 0 bridgehead atoms. The standard InChI is InChI=1S/C24H24N2O2S/c1-5-16-26-22(24(27)28-6-2)20(21(25-3)23(26)29-4)19-14-12-18(13-15-19)17-10-8-7-9-11-17/h7-15H,5-6,16H2,1-2,4H3. The summed E-state index contributed by atoms with van der Waals surface area (Å²) >= 11 is 1.49. The topological polar surface area (TPSA) is 35.6 Å². The molecule has 0 N–H and O–H groups in total. The molecule has 0 saturated carbocycles. The molecule has 1 heterocycles. The molecule has 2 aromatic carbocycles. The predicted octanol–water partition coefficient (Wildman–Crippen LogP) is 6.68. The maximum atomic E-state index is 12.9. The SMILES string of the molecule is [C-]#[N+]c1c(-c2ccc(-c3ccccc3)cc2)c(C(=O)OCC)n(CCC)c1SC. The second-order valence-electron chi connectivity index (χ2n) is 6.51. The molecule has 4 nitrogen and oxygen atoms in total. The van der Waals surface area contributed by atoms with Crippen molar-refractivity contribution in [3.63, 3.8) is 0 Å². The fraction of sp³-hybridized carbons (Fsp3) is 0.250. The van der Waals surface area contributed by atoms with Gasteiger partial charge in [0.05, 0.1) is 18.2 Å². The van der Waals surface area contributed by atoms with Crippen LogP contribution in [0.1, 0.15) is 30.8 Å². The molecule has 3 aromatic rings. The molecule has 0 saturated heterocycles. The van der Waals surface area contributed by atoms with E-state index < -0.39 is 0 Å². The summed E-state index contributed by atoms with van der Waals surface area (Å²) in [5.41, 5.74) is 4.72. The van der Waals surface area contributed by atoms with E-state index in [4.69, 9.17) is 11.3 Å². The summed E-state index contributed by atoms with van der Waals surface area (Å²) in [5, 5.41) is 0.812. The van der Waals surface area contributed by atoms with E-state index in [0.717, 1.165) is 28.1 Å². The van der Waals surface area contributed by atoms with E-state index in [-0.39, 0.29) is 5.97 Å². The van der Waals surface area contributed by atoms with Crippen molar-refractivity contribution in [3.8, 4) is 22.3 Å². The van der Waals surface area contributed by atoms with E-state index in [1.54, 1.807) is 6.92 Å². The van der Waals surface area contributed by atoms with Crippen molar-refractivity contribution in [1.82, 2.24) is 4.57 Å². The van der Waals surface area contributed by atoms with E-state index in [1.807, 2.05) is 53.3 Å². The maximum Gasteiger partial charge on any atom is 0.354 e. The molecule has 0 radical (unpaired) electrons. The Bertz CT molecular complexity index is 1030. The van der Waals surface area contributed by atoms with Crippen molar-refractivity contribution in [2.75, 3.05) is 12.9 Å². The van der Waals surface area contributed by atoms with Crippen LogP contribution in [0, 0.1) is 6.57 Å². The van der Waals surface area contributed by atoms with Gasteiger partial charge in [-0.3, -0.25) is 0 Å². The van der Waals surface area contributed by atoms with Crippen LogP contribution in [-0.2, 0) is 11.3 Å². The zero-order valence-corrected chi connectivity index (χ0v) is 17.8. The molecule has 5 heteroatoms. The highest BCUT2D eigenvalue weighted by Crippen LogP contribution is 2.44. The number of hydrogen-bond acceptors (Lipinski definition) is 3. The minimum absolute atomic E-state index is 0.296. The molecule has 0 spiro atoms. The van der Waals surface area contributed by atoms with Crippen LogP contribution in [0.25, 0.3) is 27.1 Å². The van der Waals surface area contributed by atoms with Gasteiger partial charge >= 0.3 is 5.97 Å². The first-order valence-corrected chi connectivity index (χ1v) is 10.9. The Morgan fingerprint density at radius 2 is 1.66 bits per heavy atom. The first-order valence-electron chi connectivity index (χ1n) is 9.67. The van der Waals surface area contributed by atoms with Crippen molar-refractivity contribution in [1.29, 1.82) is 0 Å².